The summed E-state index contributed by atoms with van der Waals surface area (Å²) in [6.07, 6.45) is 0.701. The second-order valence-electron chi connectivity index (χ2n) is 9.48. The Kier molecular flexibility index (Phi) is 9.24. The minimum Gasteiger partial charge on any atom is -0.492 e. The molecule has 5 rings (SSSR count). The van der Waals surface area contributed by atoms with E-state index in [2.05, 4.69) is 36.2 Å². The molecule has 2 aromatic carbocycles. The number of hydrogen-bond donors (Lipinski definition) is 4. The second kappa shape index (κ2) is 13.6. The van der Waals surface area contributed by atoms with Crippen LogP contribution in [0.5, 0.6) is 5.75 Å². The highest BCUT2D eigenvalue weighted by molar-refractivity contribution is 6.04. The summed E-state index contributed by atoms with van der Waals surface area (Å²) >= 11 is 0. The van der Waals surface area contributed by atoms with Crippen molar-refractivity contribution in [3.05, 3.63) is 77.6 Å². The molecule has 0 bridgehead atoms. The van der Waals surface area contributed by atoms with Crippen molar-refractivity contribution in [3.63, 3.8) is 0 Å². The van der Waals surface area contributed by atoms with Crippen LogP contribution >= 0.6 is 0 Å². The number of nitrogens with one attached hydrogen (secondary N) is 4. The lowest BCUT2D eigenvalue weighted by atomic mass is 10.1. The number of rotatable bonds is 11. The number of H-pyrrole nitrogens is 1. The Hall–Kier alpha value is -4.68. The number of amides is 3. The van der Waals surface area contributed by atoms with E-state index in [9.17, 15) is 9.59 Å². The molecule has 1 aliphatic rings. The largest absolute Gasteiger partial charge is 0.492 e. The first-order chi connectivity index (χ1) is 20.1. The first-order valence-electron chi connectivity index (χ1n) is 13.5. The summed E-state index contributed by atoms with van der Waals surface area (Å²) in [7, 11) is 0. The number of morpholine rings is 1. The molecule has 1 fully saturated rings. The molecule has 214 valence electrons. The Morgan fingerprint density at radius 3 is 2.54 bits per heavy atom. The predicted octanol–water partition coefficient (Wildman–Crippen LogP) is 3.91. The Morgan fingerprint density at radius 2 is 1.80 bits per heavy atom. The van der Waals surface area contributed by atoms with Gasteiger partial charge < -0.3 is 24.6 Å². The number of urea groups is 1. The van der Waals surface area contributed by atoms with Crippen LogP contribution in [-0.2, 0) is 17.7 Å². The molecule has 1 aliphatic heterocycles. The summed E-state index contributed by atoms with van der Waals surface area (Å²) < 4.78 is 16.3. The molecule has 0 unspecified atom stereocenters. The van der Waals surface area contributed by atoms with Gasteiger partial charge in [0.2, 0.25) is 0 Å². The number of aromatic nitrogens is 3. The van der Waals surface area contributed by atoms with Crippen LogP contribution in [0, 0.1) is 0 Å². The van der Waals surface area contributed by atoms with Gasteiger partial charge in [0.25, 0.3) is 5.91 Å². The number of anilines is 2. The highest BCUT2D eigenvalue weighted by atomic mass is 16.5. The van der Waals surface area contributed by atoms with Crippen LogP contribution in [0.4, 0.5) is 16.4 Å². The van der Waals surface area contributed by atoms with Gasteiger partial charge in [-0.25, -0.2) is 4.79 Å². The van der Waals surface area contributed by atoms with Gasteiger partial charge in [-0.2, -0.15) is 5.10 Å². The lowest BCUT2D eigenvalue weighted by Crippen LogP contribution is -2.38. The van der Waals surface area contributed by atoms with Gasteiger partial charge >= 0.3 is 6.03 Å². The lowest BCUT2D eigenvalue weighted by molar-refractivity contribution is 0.0322. The van der Waals surface area contributed by atoms with Crippen molar-refractivity contribution in [3.8, 4) is 17.0 Å². The van der Waals surface area contributed by atoms with Gasteiger partial charge in [0.15, 0.2) is 5.82 Å². The summed E-state index contributed by atoms with van der Waals surface area (Å²) in [6, 6.07) is 17.8. The fraction of sp³-hybridized carbons (Fsp3) is 0.310. The van der Waals surface area contributed by atoms with Crippen LogP contribution in [-0.4, -0.2) is 71.6 Å². The molecule has 4 N–H and O–H groups in total. The van der Waals surface area contributed by atoms with E-state index in [4.69, 9.17) is 14.0 Å². The number of carbonyl (C=O) groups excluding carboxylic acids is 2. The third-order valence-corrected chi connectivity index (χ3v) is 6.57. The maximum absolute atomic E-state index is 12.7. The van der Waals surface area contributed by atoms with Crippen molar-refractivity contribution in [1.29, 1.82) is 0 Å². The summed E-state index contributed by atoms with van der Waals surface area (Å²) in [4.78, 5) is 27.1. The molecular weight excluding hydrogens is 526 g/mol. The number of hydrogen-bond acceptors (Lipinski definition) is 8. The molecule has 41 heavy (non-hydrogen) atoms. The number of aromatic amines is 1. The van der Waals surface area contributed by atoms with Crippen LogP contribution in [0.2, 0.25) is 0 Å². The summed E-state index contributed by atoms with van der Waals surface area (Å²) in [5, 5.41) is 19.2. The highest BCUT2D eigenvalue weighted by Gasteiger charge is 2.12. The Bertz CT molecular complexity index is 1430. The zero-order valence-corrected chi connectivity index (χ0v) is 22.8. The van der Waals surface area contributed by atoms with Gasteiger partial charge in [0.05, 0.1) is 18.9 Å². The van der Waals surface area contributed by atoms with Gasteiger partial charge in [0.1, 0.15) is 23.9 Å². The zero-order chi connectivity index (χ0) is 28.4. The number of ether oxygens (including phenoxy) is 2. The summed E-state index contributed by atoms with van der Waals surface area (Å²) in [5.74, 6) is 2.02. The molecule has 4 aromatic rings. The van der Waals surface area contributed by atoms with Crippen LogP contribution in [0.3, 0.4) is 0 Å². The maximum Gasteiger partial charge on any atom is 0.320 e. The minimum atomic E-state index is -0.372. The van der Waals surface area contributed by atoms with E-state index in [1.807, 2.05) is 31.2 Å². The Morgan fingerprint density at radius 1 is 1.02 bits per heavy atom. The van der Waals surface area contributed by atoms with E-state index in [0.717, 1.165) is 49.7 Å². The average molecular weight is 560 g/mol. The first kappa shape index (κ1) is 27.9. The van der Waals surface area contributed by atoms with Gasteiger partial charge in [-0.15, -0.1) is 0 Å². The van der Waals surface area contributed by atoms with E-state index in [1.54, 1.807) is 36.4 Å². The molecule has 0 radical (unpaired) electrons. The van der Waals surface area contributed by atoms with Crippen molar-refractivity contribution in [1.82, 2.24) is 25.6 Å². The fourth-order valence-corrected chi connectivity index (χ4v) is 4.22. The third kappa shape index (κ3) is 7.93. The van der Waals surface area contributed by atoms with Crippen molar-refractivity contribution >= 4 is 23.6 Å². The second-order valence-corrected chi connectivity index (χ2v) is 9.48. The normalized spacial score (nSPS) is 13.5. The third-order valence-electron chi connectivity index (χ3n) is 6.57. The maximum atomic E-state index is 12.7. The number of benzene rings is 2. The molecule has 1 saturated heterocycles. The van der Waals surface area contributed by atoms with Crippen molar-refractivity contribution in [2.45, 2.75) is 19.9 Å². The minimum absolute atomic E-state index is 0.253. The van der Waals surface area contributed by atoms with Gasteiger partial charge in [-0.1, -0.05) is 36.3 Å². The predicted molar refractivity (Wildman–Crippen MR) is 153 cm³/mol. The van der Waals surface area contributed by atoms with E-state index in [0.29, 0.717) is 48.2 Å². The summed E-state index contributed by atoms with van der Waals surface area (Å²) in [5.41, 5.74) is 2.97. The smallest absolute Gasteiger partial charge is 0.320 e. The lowest BCUT2D eigenvalue weighted by Gasteiger charge is -2.26. The first-order valence-corrected chi connectivity index (χ1v) is 13.5. The van der Waals surface area contributed by atoms with Gasteiger partial charge in [-0.3, -0.25) is 20.1 Å². The number of nitrogens with zero attached hydrogens (tertiary/aromatic N) is 3. The Balaban J connectivity index is 1.07. The fourth-order valence-electron chi connectivity index (χ4n) is 4.22. The SMILES string of the molecule is CCc1cc(NC(=O)NCc2ccc(-c3cc(NC(=O)c4ccc(OCCN5CCOCC5)cc4)[nH]n3)cc2)no1. The zero-order valence-electron chi connectivity index (χ0n) is 22.8. The Labute approximate surface area is 237 Å². The molecule has 0 saturated carbocycles. The van der Waals surface area contributed by atoms with Crippen LogP contribution in [0.1, 0.15) is 28.6 Å². The van der Waals surface area contributed by atoms with Gasteiger partial charge in [0, 0.05) is 55.9 Å². The molecule has 12 nitrogen and oxygen atoms in total. The number of carbonyl (C=O) groups is 2. The molecule has 3 amide bonds. The quantitative estimate of drug-likeness (QED) is 0.216. The van der Waals surface area contributed by atoms with Crippen LogP contribution in [0.25, 0.3) is 11.3 Å². The standard InChI is InChI=1S/C29H33N7O5/c1-2-23-17-27(35-41-23)32-29(38)30-19-20-3-5-21(6-4-20)25-18-26(34-33-25)31-28(37)22-7-9-24(10-8-22)40-16-13-36-11-14-39-15-12-36/h3-10,17-18H,2,11-16,19H2,1H3,(H2,30,32,35,38)(H2,31,33,34,37). The van der Waals surface area contributed by atoms with Crippen LogP contribution < -0.4 is 20.7 Å². The molecule has 12 heteroatoms. The van der Waals surface area contributed by atoms with E-state index < -0.39 is 0 Å². The van der Waals surface area contributed by atoms with Gasteiger partial charge in [-0.05, 0) is 29.8 Å². The summed E-state index contributed by atoms with van der Waals surface area (Å²) in [6.45, 7) is 7.08. The molecule has 0 atom stereocenters. The topological polar surface area (TPSA) is 147 Å². The molecule has 0 spiro atoms. The number of aryl methyl sites for hydroxylation is 1. The molecule has 2 aromatic heterocycles. The van der Waals surface area contributed by atoms with E-state index in [-0.39, 0.29) is 11.9 Å². The van der Waals surface area contributed by atoms with Crippen molar-refractivity contribution in [2.24, 2.45) is 0 Å². The average Bonchev–Trinajstić information content (AvgIpc) is 3.67. The van der Waals surface area contributed by atoms with Crippen molar-refractivity contribution < 1.29 is 23.6 Å². The van der Waals surface area contributed by atoms with Crippen molar-refractivity contribution in [2.75, 3.05) is 50.1 Å². The molecule has 0 aliphatic carbocycles. The molecular formula is C29H33N7O5. The molecule has 3 heterocycles. The highest BCUT2D eigenvalue weighted by Crippen LogP contribution is 2.21. The van der Waals surface area contributed by atoms with E-state index >= 15 is 0 Å². The van der Waals surface area contributed by atoms with E-state index in [1.165, 1.54) is 0 Å². The van der Waals surface area contributed by atoms with Crippen LogP contribution in [0.15, 0.2) is 65.2 Å². The monoisotopic (exact) mass is 559 g/mol.